The van der Waals surface area contributed by atoms with Crippen LogP contribution in [0, 0.1) is 13.8 Å². The van der Waals surface area contributed by atoms with E-state index in [1.165, 1.54) is 17.8 Å². The van der Waals surface area contributed by atoms with Crippen LogP contribution in [0.5, 0.6) is 0 Å². The van der Waals surface area contributed by atoms with Gasteiger partial charge in [-0.15, -0.1) is 11.8 Å². The summed E-state index contributed by atoms with van der Waals surface area (Å²) >= 11 is 1.52. The molecule has 0 amide bonds. The van der Waals surface area contributed by atoms with Gasteiger partial charge in [-0.25, -0.2) is 19.9 Å². The molecule has 8 heteroatoms. The van der Waals surface area contributed by atoms with Gasteiger partial charge < -0.3 is 0 Å². The lowest BCUT2D eigenvalue weighted by Crippen LogP contribution is -2.13. The highest BCUT2D eigenvalue weighted by atomic mass is 32.2. The molecule has 7 nitrogen and oxygen atoms in total. The minimum absolute atomic E-state index is 0.234. The van der Waals surface area contributed by atoms with Crippen molar-refractivity contribution in [3.05, 3.63) is 76.0 Å². The van der Waals surface area contributed by atoms with E-state index in [0.717, 1.165) is 27.2 Å². The molecule has 3 heterocycles. The standard InChI is InChI=1S/C20H18N6OS/c1-12-6-5-7-15-13(2)22-19(25-18(12)15)26-20-23-14(10-16(27)24-20)11-28-17-8-3-4-9-21-17/h3-10H,11H2,1-2H3,(H2,22,23,24,25,26,27). The number of thioether (sulfide) groups is 1. The molecule has 2 N–H and O–H groups in total. The summed E-state index contributed by atoms with van der Waals surface area (Å²) in [5.41, 5.74) is 3.22. The smallest absolute Gasteiger partial charge is 0.252 e. The van der Waals surface area contributed by atoms with Crippen LogP contribution in [0.2, 0.25) is 0 Å². The maximum absolute atomic E-state index is 12.0. The summed E-state index contributed by atoms with van der Waals surface area (Å²) in [4.78, 5) is 32.6. The fourth-order valence-electron chi connectivity index (χ4n) is 2.83. The second-order valence-corrected chi connectivity index (χ2v) is 7.27. The molecule has 0 radical (unpaired) electrons. The lowest BCUT2D eigenvalue weighted by atomic mass is 10.1. The van der Waals surface area contributed by atoms with Crippen LogP contribution in [0.1, 0.15) is 17.0 Å². The highest BCUT2D eigenvalue weighted by Crippen LogP contribution is 2.22. The van der Waals surface area contributed by atoms with Gasteiger partial charge in [-0.1, -0.05) is 24.3 Å². The summed E-state index contributed by atoms with van der Waals surface area (Å²) in [6, 6.07) is 13.2. The number of hydrogen-bond donors (Lipinski definition) is 2. The van der Waals surface area contributed by atoms with Crippen LogP contribution in [0.15, 0.2) is 58.5 Å². The number of aromatic amines is 1. The Morgan fingerprint density at radius 3 is 2.79 bits per heavy atom. The van der Waals surface area contributed by atoms with Crippen LogP contribution in [0.4, 0.5) is 11.9 Å². The van der Waals surface area contributed by atoms with E-state index in [0.29, 0.717) is 23.3 Å². The van der Waals surface area contributed by atoms with Crippen LogP contribution in [-0.2, 0) is 5.75 Å². The Balaban J connectivity index is 1.60. The zero-order valence-corrected chi connectivity index (χ0v) is 16.2. The highest BCUT2D eigenvalue weighted by molar-refractivity contribution is 7.98. The number of nitrogens with one attached hydrogen (secondary N) is 2. The molecule has 3 aromatic heterocycles. The normalized spacial score (nSPS) is 10.9. The van der Waals surface area contributed by atoms with Gasteiger partial charge in [-0.05, 0) is 31.5 Å². The quantitative estimate of drug-likeness (QED) is 0.501. The molecular weight excluding hydrogens is 372 g/mol. The number of rotatable bonds is 5. The Morgan fingerprint density at radius 1 is 1.07 bits per heavy atom. The first-order valence-corrected chi connectivity index (χ1v) is 9.72. The molecule has 0 aliphatic heterocycles. The van der Waals surface area contributed by atoms with Gasteiger partial charge in [0.2, 0.25) is 11.9 Å². The molecule has 0 aliphatic carbocycles. The van der Waals surface area contributed by atoms with E-state index in [2.05, 4.69) is 30.2 Å². The van der Waals surface area contributed by atoms with Crippen molar-refractivity contribution in [2.45, 2.75) is 24.6 Å². The SMILES string of the molecule is Cc1nc(Nc2nc(CSc3ccccn3)cc(=O)[nH]2)nc2c(C)cccc12. The van der Waals surface area contributed by atoms with Gasteiger partial charge in [-0.3, -0.25) is 15.1 Å². The summed E-state index contributed by atoms with van der Waals surface area (Å²) in [5, 5.41) is 4.91. The molecule has 0 saturated carbocycles. The van der Waals surface area contributed by atoms with Gasteiger partial charge in [-0.2, -0.15) is 0 Å². The van der Waals surface area contributed by atoms with E-state index < -0.39 is 0 Å². The zero-order chi connectivity index (χ0) is 19.5. The molecule has 0 spiro atoms. The fraction of sp³-hybridized carbons (Fsp3) is 0.150. The van der Waals surface area contributed by atoms with Crippen molar-refractivity contribution < 1.29 is 0 Å². The molecule has 4 aromatic rings. The number of benzene rings is 1. The average Bonchev–Trinajstić information content (AvgIpc) is 2.68. The second kappa shape index (κ2) is 7.77. The molecule has 0 aliphatic rings. The van der Waals surface area contributed by atoms with Gasteiger partial charge in [0.25, 0.3) is 5.56 Å². The van der Waals surface area contributed by atoms with E-state index in [1.807, 2.05) is 50.2 Å². The third-order valence-electron chi connectivity index (χ3n) is 4.15. The molecule has 0 atom stereocenters. The van der Waals surface area contributed by atoms with E-state index in [1.54, 1.807) is 6.20 Å². The predicted molar refractivity (Wildman–Crippen MR) is 111 cm³/mol. The highest BCUT2D eigenvalue weighted by Gasteiger charge is 2.09. The van der Waals surface area contributed by atoms with Crippen molar-refractivity contribution in [1.29, 1.82) is 0 Å². The van der Waals surface area contributed by atoms with Crippen molar-refractivity contribution in [2.24, 2.45) is 0 Å². The third-order valence-corrected chi connectivity index (χ3v) is 5.13. The topological polar surface area (TPSA) is 96.5 Å². The lowest BCUT2D eigenvalue weighted by Gasteiger charge is -2.09. The first-order chi connectivity index (χ1) is 13.6. The third kappa shape index (κ3) is 4.01. The molecule has 1 aromatic carbocycles. The van der Waals surface area contributed by atoms with Gasteiger partial charge in [0.15, 0.2) is 0 Å². The minimum atomic E-state index is -0.234. The van der Waals surface area contributed by atoms with E-state index in [9.17, 15) is 4.79 Å². The van der Waals surface area contributed by atoms with Crippen molar-refractivity contribution in [3.8, 4) is 0 Å². The van der Waals surface area contributed by atoms with Gasteiger partial charge in [0.05, 0.1) is 21.9 Å². The number of anilines is 2. The van der Waals surface area contributed by atoms with Crippen LogP contribution in [-0.4, -0.2) is 24.9 Å². The van der Waals surface area contributed by atoms with Crippen LogP contribution in [0.25, 0.3) is 10.9 Å². The van der Waals surface area contributed by atoms with E-state index >= 15 is 0 Å². The summed E-state index contributed by atoms with van der Waals surface area (Å²) in [6.45, 7) is 3.94. The molecule has 0 fully saturated rings. The number of aromatic nitrogens is 5. The number of para-hydroxylation sites is 1. The van der Waals surface area contributed by atoms with Crippen molar-refractivity contribution in [3.63, 3.8) is 0 Å². The first-order valence-electron chi connectivity index (χ1n) is 8.73. The summed E-state index contributed by atoms with van der Waals surface area (Å²) in [6.07, 6.45) is 1.74. The summed E-state index contributed by atoms with van der Waals surface area (Å²) in [7, 11) is 0. The molecule has 140 valence electrons. The lowest BCUT2D eigenvalue weighted by molar-refractivity contribution is 1.03. The Morgan fingerprint density at radius 2 is 1.96 bits per heavy atom. The molecular formula is C20H18N6OS. The molecule has 0 bridgehead atoms. The van der Waals surface area contributed by atoms with Gasteiger partial charge in [0.1, 0.15) is 0 Å². The molecule has 0 unspecified atom stereocenters. The van der Waals surface area contributed by atoms with Crippen LogP contribution >= 0.6 is 11.8 Å². The number of pyridine rings is 1. The minimum Gasteiger partial charge on any atom is -0.294 e. The Labute approximate surface area is 165 Å². The average molecular weight is 390 g/mol. The van der Waals surface area contributed by atoms with E-state index in [4.69, 9.17) is 0 Å². The zero-order valence-electron chi connectivity index (χ0n) is 15.4. The van der Waals surface area contributed by atoms with E-state index in [-0.39, 0.29) is 5.56 Å². The Hall–Kier alpha value is -3.26. The summed E-state index contributed by atoms with van der Waals surface area (Å²) < 4.78 is 0. The number of hydrogen-bond acceptors (Lipinski definition) is 7. The summed E-state index contributed by atoms with van der Waals surface area (Å²) in [5.74, 6) is 1.25. The van der Waals surface area contributed by atoms with Crippen molar-refractivity contribution in [1.82, 2.24) is 24.9 Å². The molecule has 28 heavy (non-hydrogen) atoms. The number of nitrogens with zero attached hydrogens (tertiary/aromatic N) is 4. The first kappa shape index (κ1) is 18.1. The van der Waals surface area contributed by atoms with Crippen molar-refractivity contribution in [2.75, 3.05) is 5.32 Å². The Kier molecular flexibility index (Phi) is 5.03. The molecule has 4 rings (SSSR count). The monoisotopic (exact) mass is 390 g/mol. The Bertz CT molecular complexity index is 1190. The number of fused-ring (bicyclic) bond motifs is 1. The molecule has 0 saturated heterocycles. The maximum atomic E-state index is 12.0. The predicted octanol–water partition coefficient (Wildman–Crippen LogP) is 3.76. The van der Waals surface area contributed by atoms with Crippen LogP contribution in [0.3, 0.4) is 0 Å². The maximum Gasteiger partial charge on any atom is 0.252 e. The fourth-order valence-corrected chi connectivity index (χ4v) is 3.59. The van der Waals surface area contributed by atoms with Crippen LogP contribution < -0.4 is 10.9 Å². The largest absolute Gasteiger partial charge is 0.294 e. The van der Waals surface area contributed by atoms with Crippen molar-refractivity contribution >= 4 is 34.6 Å². The number of H-pyrrole nitrogens is 1. The number of aryl methyl sites for hydroxylation is 2. The van der Waals surface area contributed by atoms with Gasteiger partial charge >= 0.3 is 0 Å². The van der Waals surface area contributed by atoms with Gasteiger partial charge in [0, 0.05) is 23.4 Å². The second-order valence-electron chi connectivity index (χ2n) is 6.27.